The van der Waals surface area contributed by atoms with Crippen molar-refractivity contribution in [2.75, 3.05) is 26.9 Å². The second kappa shape index (κ2) is 8.76. The lowest BCUT2D eigenvalue weighted by Gasteiger charge is -2.07. The normalized spacial score (nSPS) is 11.3. The fourth-order valence-electron chi connectivity index (χ4n) is 1.67. The molecule has 0 aliphatic carbocycles. The van der Waals surface area contributed by atoms with E-state index in [2.05, 4.69) is 9.46 Å². The van der Waals surface area contributed by atoms with Crippen LogP contribution in [0.15, 0.2) is 24.3 Å². The SMILES string of the molecule is CCOCCCNS(=O)(=O)Cc1ccc(C(=O)OC)cc1. The first-order chi connectivity index (χ1) is 9.98. The topological polar surface area (TPSA) is 81.7 Å². The Labute approximate surface area is 125 Å². The number of sulfonamides is 1. The van der Waals surface area contributed by atoms with E-state index < -0.39 is 16.0 Å². The van der Waals surface area contributed by atoms with Crippen molar-refractivity contribution in [3.63, 3.8) is 0 Å². The summed E-state index contributed by atoms with van der Waals surface area (Å²) in [6.07, 6.45) is 0.633. The third-order valence-electron chi connectivity index (χ3n) is 2.72. The summed E-state index contributed by atoms with van der Waals surface area (Å²) in [5.74, 6) is -0.568. The van der Waals surface area contributed by atoms with Gasteiger partial charge in [0.1, 0.15) is 0 Å². The summed E-state index contributed by atoms with van der Waals surface area (Å²) in [5, 5.41) is 0. The van der Waals surface area contributed by atoms with Crippen LogP contribution in [-0.2, 0) is 25.2 Å². The minimum Gasteiger partial charge on any atom is -0.465 e. The van der Waals surface area contributed by atoms with Gasteiger partial charge in [0.25, 0.3) is 0 Å². The van der Waals surface area contributed by atoms with Crippen molar-refractivity contribution in [2.24, 2.45) is 0 Å². The zero-order valence-electron chi connectivity index (χ0n) is 12.3. The van der Waals surface area contributed by atoms with Gasteiger partial charge in [-0.15, -0.1) is 0 Å². The summed E-state index contributed by atoms with van der Waals surface area (Å²) in [6.45, 7) is 3.40. The Morgan fingerprint density at radius 1 is 1.24 bits per heavy atom. The lowest BCUT2D eigenvalue weighted by Crippen LogP contribution is -2.26. The van der Waals surface area contributed by atoms with Crippen molar-refractivity contribution in [1.82, 2.24) is 4.72 Å². The van der Waals surface area contributed by atoms with Crippen molar-refractivity contribution < 1.29 is 22.7 Å². The van der Waals surface area contributed by atoms with Gasteiger partial charge in [0.05, 0.1) is 18.4 Å². The molecule has 0 saturated carbocycles. The molecule has 0 aromatic heterocycles. The number of hydrogen-bond donors (Lipinski definition) is 1. The van der Waals surface area contributed by atoms with Crippen LogP contribution >= 0.6 is 0 Å². The van der Waals surface area contributed by atoms with Crippen LogP contribution in [0.2, 0.25) is 0 Å². The lowest BCUT2D eigenvalue weighted by molar-refractivity contribution is 0.0600. The predicted molar refractivity (Wildman–Crippen MR) is 79.5 cm³/mol. The van der Waals surface area contributed by atoms with Gasteiger partial charge in [0.15, 0.2) is 0 Å². The predicted octanol–water partition coefficient (Wildman–Crippen LogP) is 1.32. The standard InChI is InChI=1S/C14H21NO5S/c1-3-20-10-4-9-15-21(17,18)11-12-5-7-13(8-6-12)14(16)19-2/h5-8,15H,3-4,9-11H2,1-2H3. The Bertz CT molecular complexity index is 539. The minimum absolute atomic E-state index is 0.122. The van der Waals surface area contributed by atoms with Crippen LogP contribution in [0, 0.1) is 0 Å². The van der Waals surface area contributed by atoms with Crippen molar-refractivity contribution >= 4 is 16.0 Å². The molecular formula is C14H21NO5S. The highest BCUT2D eigenvalue weighted by molar-refractivity contribution is 7.88. The summed E-state index contributed by atoms with van der Waals surface area (Å²) in [5.41, 5.74) is 1.00. The van der Waals surface area contributed by atoms with Crippen molar-refractivity contribution in [3.8, 4) is 0 Å². The fraction of sp³-hybridized carbons (Fsp3) is 0.500. The van der Waals surface area contributed by atoms with E-state index in [1.54, 1.807) is 24.3 Å². The number of nitrogens with one attached hydrogen (secondary N) is 1. The van der Waals surface area contributed by atoms with Gasteiger partial charge in [-0.1, -0.05) is 12.1 Å². The molecule has 0 heterocycles. The number of carbonyl (C=O) groups excluding carboxylic acids is 1. The second-order valence-electron chi connectivity index (χ2n) is 4.39. The third-order valence-corrected chi connectivity index (χ3v) is 4.08. The number of hydrogen-bond acceptors (Lipinski definition) is 5. The van der Waals surface area contributed by atoms with Crippen LogP contribution in [-0.4, -0.2) is 41.3 Å². The summed E-state index contributed by atoms with van der Waals surface area (Å²) < 4.78 is 36.0. The molecule has 0 aliphatic heterocycles. The van der Waals surface area contributed by atoms with E-state index in [0.717, 1.165) is 0 Å². The van der Waals surface area contributed by atoms with Gasteiger partial charge in [-0.05, 0) is 31.0 Å². The highest BCUT2D eigenvalue weighted by atomic mass is 32.2. The van der Waals surface area contributed by atoms with E-state index in [1.165, 1.54) is 7.11 Å². The van der Waals surface area contributed by atoms with Gasteiger partial charge in [0.2, 0.25) is 10.0 Å². The number of carbonyl (C=O) groups is 1. The smallest absolute Gasteiger partial charge is 0.337 e. The highest BCUT2D eigenvalue weighted by Gasteiger charge is 2.12. The Morgan fingerprint density at radius 2 is 1.90 bits per heavy atom. The second-order valence-corrected chi connectivity index (χ2v) is 6.20. The number of methoxy groups -OCH3 is 1. The van der Waals surface area contributed by atoms with E-state index in [1.807, 2.05) is 6.92 Å². The van der Waals surface area contributed by atoms with Crippen LogP contribution in [0.4, 0.5) is 0 Å². The van der Waals surface area contributed by atoms with Gasteiger partial charge in [-0.2, -0.15) is 0 Å². The van der Waals surface area contributed by atoms with Gasteiger partial charge < -0.3 is 9.47 Å². The number of esters is 1. The lowest BCUT2D eigenvalue weighted by atomic mass is 10.1. The molecule has 1 rings (SSSR count). The monoisotopic (exact) mass is 315 g/mol. The molecule has 0 atom stereocenters. The molecule has 1 aromatic carbocycles. The van der Waals surface area contributed by atoms with E-state index in [9.17, 15) is 13.2 Å². The van der Waals surface area contributed by atoms with Crippen molar-refractivity contribution in [2.45, 2.75) is 19.1 Å². The van der Waals surface area contributed by atoms with E-state index in [-0.39, 0.29) is 5.75 Å². The molecule has 0 unspecified atom stereocenters. The summed E-state index contributed by atoms with van der Waals surface area (Å²) >= 11 is 0. The molecule has 7 heteroatoms. The number of benzene rings is 1. The maximum Gasteiger partial charge on any atom is 0.337 e. The molecule has 21 heavy (non-hydrogen) atoms. The maximum absolute atomic E-state index is 11.9. The molecule has 1 N–H and O–H groups in total. The zero-order valence-corrected chi connectivity index (χ0v) is 13.1. The van der Waals surface area contributed by atoms with Crippen LogP contribution in [0.5, 0.6) is 0 Å². The average molecular weight is 315 g/mol. The van der Waals surface area contributed by atoms with Gasteiger partial charge in [-0.3, -0.25) is 0 Å². The molecule has 0 saturated heterocycles. The Kier molecular flexibility index (Phi) is 7.35. The first kappa shape index (κ1) is 17.6. The Morgan fingerprint density at radius 3 is 2.48 bits per heavy atom. The highest BCUT2D eigenvalue weighted by Crippen LogP contribution is 2.08. The van der Waals surface area contributed by atoms with Crippen LogP contribution in [0.3, 0.4) is 0 Å². The quantitative estimate of drug-likeness (QED) is 0.549. The molecule has 0 radical (unpaired) electrons. The fourth-order valence-corrected chi connectivity index (χ4v) is 2.86. The largest absolute Gasteiger partial charge is 0.465 e. The first-order valence-corrected chi connectivity index (χ1v) is 8.36. The van der Waals surface area contributed by atoms with Crippen molar-refractivity contribution in [3.05, 3.63) is 35.4 Å². The minimum atomic E-state index is -3.38. The zero-order chi connectivity index (χ0) is 15.7. The maximum atomic E-state index is 11.9. The molecular weight excluding hydrogens is 294 g/mol. The number of ether oxygens (including phenoxy) is 2. The molecule has 0 spiro atoms. The molecule has 0 bridgehead atoms. The summed E-state index contributed by atoms with van der Waals surface area (Å²) in [7, 11) is -2.08. The molecule has 1 aromatic rings. The van der Waals surface area contributed by atoms with E-state index in [0.29, 0.717) is 37.3 Å². The number of rotatable bonds is 9. The van der Waals surface area contributed by atoms with Gasteiger partial charge >= 0.3 is 5.97 Å². The average Bonchev–Trinajstić information content (AvgIpc) is 2.46. The Hall–Kier alpha value is -1.44. The van der Waals surface area contributed by atoms with E-state index >= 15 is 0 Å². The van der Waals surface area contributed by atoms with Crippen molar-refractivity contribution in [1.29, 1.82) is 0 Å². The molecule has 0 fully saturated rings. The first-order valence-electron chi connectivity index (χ1n) is 6.71. The Balaban J connectivity index is 2.49. The molecule has 0 aliphatic rings. The van der Waals surface area contributed by atoms with Gasteiger partial charge in [-0.25, -0.2) is 17.9 Å². The third kappa shape index (κ3) is 6.70. The summed E-state index contributed by atoms with van der Waals surface area (Å²) in [6, 6.07) is 6.30. The van der Waals surface area contributed by atoms with E-state index in [4.69, 9.17) is 4.74 Å². The summed E-state index contributed by atoms with van der Waals surface area (Å²) in [4.78, 5) is 11.3. The van der Waals surface area contributed by atoms with Crippen LogP contribution < -0.4 is 4.72 Å². The van der Waals surface area contributed by atoms with Gasteiger partial charge in [0, 0.05) is 19.8 Å². The molecule has 0 amide bonds. The van der Waals surface area contributed by atoms with Crippen LogP contribution in [0.1, 0.15) is 29.3 Å². The molecule has 118 valence electrons. The van der Waals surface area contributed by atoms with Crippen LogP contribution in [0.25, 0.3) is 0 Å². The molecule has 6 nitrogen and oxygen atoms in total.